The molecule has 0 heterocycles. The number of hydrogen-bond donors (Lipinski definition) is 1. The van der Waals surface area contributed by atoms with Gasteiger partial charge in [0, 0.05) is 23.4 Å². The lowest BCUT2D eigenvalue weighted by molar-refractivity contribution is 0.540. The maximum Gasteiger partial charge on any atom is 0.0545 e. The van der Waals surface area contributed by atoms with Crippen LogP contribution in [0.3, 0.4) is 0 Å². The Morgan fingerprint density at radius 3 is 2.71 bits per heavy atom. The molecule has 1 unspecified atom stereocenters. The van der Waals surface area contributed by atoms with Gasteiger partial charge in [0.1, 0.15) is 0 Å². The van der Waals surface area contributed by atoms with Crippen molar-refractivity contribution in [3.05, 3.63) is 34.9 Å². The average Bonchev–Trinajstić information content (AvgIpc) is 2.35. The van der Waals surface area contributed by atoms with Crippen LogP contribution in [-0.4, -0.2) is 18.1 Å². The van der Waals surface area contributed by atoms with Crippen LogP contribution in [0.4, 0.5) is 0 Å². The first-order valence-corrected chi connectivity index (χ1v) is 7.31. The van der Waals surface area contributed by atoms with Crippen LogP contribution in [-0.2, 0) is 0 Å². The molecule has 0 radical (unpaired) electrons. The van der Waals surface area contributed by atoms with E-state index in [1.807, 2.05) is 12.1 Å². The summed E-state index contributed by atoms with van der Waals surface area (Å²) in [7, 11) is 0. The molecule has 1 aromatic rings. The zero-order valence-electron chi connectivity index (χ0n) is 10.1. The number of thioether (sulfide) groups is 1. The van der Waals surface area contributed by atoms with Crippen LogP contribution in [0.2, 0.25) is 5.02 Å². The Labute approximate surface area is 113 Å². The second-order valence-electron chi connectivity index (χ2n) is 3.72. The second kappa shape index (κ2) is 8.47. The first-order valence-electron chi connectivity index (χ1n) is 5.78. The van der Waals surface area contributed by atoms with E-state index in [-0.39, 0.29) is 0 Å². The highest BCUT2D eigenvalue weighted by Crippen LogP contribution is 2.19. The van der Waals surface area contributed by atoms with Crippen LogP contribution in [0, 0.1) is 12.3 Å². The van der Waals surface area contributed by atoms with Crippen molar-refractivity contribution in [2.45, 2.75) is 19.4 Å². The van der Waals surface area contributed by atoms with E-state index in [2.05, 4.69) is 30.3 Å². The number of terminal acetylenes is 1. The lowest BCUT2D eigenvalue weighted by Gasteiger charge is -2.17. The fourth-order valence-corrected chi connectivity index (χ4v) is 2.28. The monoisotopic (exact) mass is 267 g/mol. The third-order valence-corrected chi connectivity index (χ3v) is 3.62. The molecule has 0 aliphatic heterocycles. The molecule has 1 aromatic carbocycles. The first-order chi connectivity index (χ1) is 8.27. The van der Waals surface area contributed by atoms with Gasteiger partial charge in [-0.15, -0.1) is 18.2 Å². The second-order valence-corrected chi connectivity index (χ2v) is 5.26. The van der Waals surface area contributed by atoms with Gasteiger partial charge in [0.25, 0.3) is 0 Å². The van der Waals surface area contributed by atoms with Crippen LogP contribution in [0.1, 0.15) is 24.9 Å². The van der Waals surface area contributed by atoms with E-state index in [0.29, 0.717) is 6.04 Å². The molecule has 92 valence electrons. The molecule has 0 aliphatic carbocycles. The summed E-state index contributed by atoms with van der Waals surface area (Å²) < 4.78 is 0. The summed E-state index contributed by atoms with van der Waals surface area (Å²) in [6.45, 7) is 3.16. The van der Waals surface area contributed by atoms with Gasteiger partial charge in [0.15, 0.2) is 0 Å². The number of rotatable bonds is 7. The Bertz CT molecular complexity index is 355. The van der Waals surface area contributed by atoms with Crippen LogP contribution < -0.4 is 5.32 Å². The molecule has 0 saturated heterocycles. The molecule has 0 fully saturated rings. The summed E-state index contributed by atoms with van der Waals surface area (Å²) in [5.74, 6) is 4.47. The minimum atomic E-state index is 0.402. The Kier molecular flexibility index (Phi) is 7.19. The molecule has 0 spiro atoms. The minimum absolute atomic E-state index is 0.402. The van der Waals surface area contributed by atoms with Gasteiger partial charge < -0.3 is 5.32 Å². The molecule has 0 bridgehead atoms. The van der Waals surface area contributed by atoms with Crippen molar-refractivity contribution < 1.29 is 0 Å². The molecule has 1 nitrogen and oxygen atoms in total. The van der Waals surface area contributed by atoms with Gasteiger partial charge in [-0.3, -0.25) is 0 Å². The highest BCUT2D eigenvalue weighted by Gasteiger charge is 2.07. The van der Waals surface area contributed by atoms with Gasteiger partial charge in [0.05, 0.1) is 5.75 Å². The van der Waals surface area contributed by atoms with E-state index in [9.17, 15) is 0 Å². The van der Waals surface area contributed by atoms with Gasteiger partial charge in [-0.25, -0.2) is 0 Å². The standard InChI is InChI=1S/C14H18ClNS/c1-3-10-17-11-9-16-14(4-2)12-5-7-13(15)8-6-12/h1,5-8,14,16H,4,9-11H2,2H3. The van der Waals surface area contributed by atoms with Gasteiger partial charge in [-0.1, -0.05) is 36.6 Å². The van der Waals surface area contributed by atoms with Gasteiger partial charge in [-0.2, -0.15) is 0 Å². The van der Waals surface area contributed by atoms with Crippen LogP contribution >= 0.6 is 23.4 Å². The number of nitrogens with one attached hydrogen (secondary N) is 1. The summed E-state index contributed by atoms with van der Waals surface area (Å²) in [6.07, 6.45) is 6.27. The summed E-state index contributed by atoms with van der Waals surface area (Å²) in [6, 6.07) is 8.44. The van der Waals surface area contributed by atoms with Gasteiger partial charge >= 0.3 is 0 Å². The highest BCUT2D eigenvalue weighted by atomic mass is 35.5. The van der Waals surface area contributed by atoms with Gasteiger partial charge in [-0.05, 0) is 24.1 Å². The third-order valence-electron chi connectivity index (χ3n) is 2.50. The summed E-state index contributed by atoms with van der Waals surface area (Å²) in [5.41, 5.74) is 1.29. The summed E-state index contributed by atoms with van der Waals surface area (Å²) >= 11 is 7.66. The molecule has 0 saturated carbocycles. The largest absolute Gasteiger partial charge is 0.309 e. The van der Waals surface area contributed by atoms with Crippen LogP contribution in [0.25, 0.3) is 0 Å². The normalized spacial score (nSPS) is 12.1. The van der Waals surface area contributed by atoms with E-state index in [1.165, 1.54) is 5.56 Å². The fourth-order valence-electron chi connectivity index (χ4n) is 1.63. The maximum absolute atomic E-state index is 5.88. The topological polar surface area (TPSA) is 12.0 Å². The SMILES string of the molecule is C#CCSCCNC(CC)c1ccc(Cl)cc1. The zero-order chi connectivity index (χ0) is 12.5. The quantitative estimate of drug-likeness (QED) is 0.597. The number of benzene rings is 1. The first kappa shape index (κ1) is 14.4. The van der Waals surface area contributed by atoms with E-state index in [4.69, 9.17) is 18.0 Å². The van der Waals surface area contributed by atoms with Crippen molar-refractivity contribution >= 4 is 23.4 Å². The molecule has 1 atom stereocenters. The van der Waals surface area contributed by atoms with Crippen molar-refractivity contribution in [1.29, 1.82) is 0 Å². The molecule has 1 rings (SSSR count). The Balaban J connectivity index is 2.38. The molecule has 17 heavy (non-hydrogen) atoms. The van der Waals surface area contributed by atoms with E-state index >= 15 is 0 Å². The van der Waals surface area contributed by atoms with Crippen molar-refractivity contribution in [2.75, 3.05) is 18.1 Å². The molecular weight excluding hydrogens is 250 g/mol. The number of hydrogen-bond acceptors (Lipinski definition) is 2. The van der Waals surface area contributed by atoms with Crippen molar-refractivity contribution in [2.24, 2.45) is 0 Å². The van der Waals surface area contributed by atoms with Crippen molar-refractivity contribution in [3.63, 3.8) is 0 Å². The van der Waals surface area contributed by atoms with Crippen molar-refractivity contribution in [1.82, 2.24) is 5.32 Å². The Morgan fingerprint density at radius 1 is 1.41 bits per heavy atom. The lowest BCUT2D eigenvalue weighted by Crippen LogP contribution is -2.23. The zero-order valence-corrected chi connectivity index (χ0v) is 11.7. The molecular formula is C14H18ClNS. The number of halogens is 1. The van der Waals surface area contributed by atoms with Gasteiger partial charge in [0.2, 0.25) is 0 Å². The third kappa shape index (κ3) is 5.50. The molecule has 1 N–H and O–H groups in total. The molecule has 0 amide bonds. The highest BCUT2D eigenvalue weighted by molar-refractivity contribution is 7.99. The Hall–Kier alpha value is -0.620. The van der Waals surface area contributed by atoms with E-state index < -0.39 is 0 Å². The fraction of sp³-hybridized carbons (Fsp3) is 0.429. The Morgan fingerprint density at radius 2 is 2.12 bits per heavy atom. The predicted octanol–water partition coefficient (Wildman–Crippen LogP) is 3.75. The van der Waals surface area contributed by atoms with Crippen molar-refractivity contribution in [3.8, 4) is 12.3 Å². The lowest BCUT2D eigenvalue weighted by atomic mass is 10.1. The van der Waals surface area contributed by atoms with Crippen LogP contribution in [0.15, 0.2) is 24.3 Å². The summed E-state index contributed by atoms with van der Waals surface area (Å²) in [5, 5.41) is 4.32. The van der Waals surface area contributed by atoms with E-state index in [0.717, 1.165) is 29.5 Å². The molecule has 0 aliphatic rings. The molecule has 3 heteroatoms. The average molecular weight is 268 g/mol. The maximum atomic E-state index is 5.88. The smallest absolute Gasteiger partial charge is 0.0545 e. The van der Waals surface area contributed by atoms with Crippen LogP contribution in [0.5, 0.6) is 0 Å². The predicted molar refractivity (Wildman–Crippen MR) is 78.6 cm³/mol. The summed E-state index contributed by atoms with van der Waals surface area (Å²) in [4.78, 5) is 0. The molecule has 0 aromatic heterocycles. The van der Waals surface area contributed by atoms with E-state index in [1.54, 1.807) is 11.8 Å². The minimum Gasteiger partial charge on any atom is -0.309 e.